The van der Waals surface area contributed by atoms with Crippen molar-refractivity contribution in [3.63, 3.8) is 0 Å². The van der Waals surface area contributed by atoms with E-state index < -0.39 is 56.9 Å². The highest BCUT2D eigenvalue weighted by Gasteiger charge is 2.37. The molecule has 1 N–H and O–H groups in total. The van der Waals surface area contributed by atoms with Crippen molar-refractivity contribution in [3.8, 4) is 0 Å². The number of benzene rings is 3. The van der Waals surface area contributed by atoms with Gasteiger partial charge in [-0.1, -0.05) is 90.5 Å². The maximum absolute atomic E-state index is 14.3. The summed E-state index contributed by atoms with van der Waals surface area (Å²) in [6, 6.07) is 15.0. The van der Waals surface area contributed by atoms with Gasteiger partial charge in [0, 0.05) is 29.1 Å². The van der Waals surface area contributed by atoms with Gasteiger partial charge in [-0.05, 0) is 54.3 Å². The molecule has 14 heteroatoms. The van der Waals surface area contributed by atoms with E-state index in [1.54, 1.807) is 36.4 Å². The smallest absolute Gasteiger partial charge is 0.352 e. The Morgan fingerprint density at radius 2 is 1.61 bits per heavy atom. The fourth-order valence-corrected chi connectivity index (χ4v) is 6.97. The Labute approximate surface area is 281 Å². The summed E-state index contributed by atoms with van der Waals surface area (Å²) in [6.45, 7) is -1.11. The van der Waals surface area contributed by atoms with Gasteiger partial charge in [0.25, 0.3) is 0 Å². The molecule has 1 aliphatic rings. The van der Waals surface area contributed by atoms with Gasteiger partial charge in [-0.2, -0.15) is 13.2 Å². The Bertz CT molecular complexity index is 1650. The summed E-state index contributed by atoms with van der Waals surface area (Å²) in [6.07, 6.45) is 0.482. The van der Waals surface area contributed by atoms with Gasteiger partial charge < -0.3 is 10.2 Å². The second-order valence-electron chi connectivity index (χ2n) is 11.2. The molecule has 46 heavy (non-hydrogen) atoms. The number of carbonyl (C=O) groups excluding carboxylic acids is 2. The van der Waals surface area contributed by atoms with Crippen molar-refractivity contribution in [1.29, 1.82) is 0 Å². The number of alkyl halides is 3. The number of rotatable bonds is 11. The molecule has 0 unspecified atom stereocenters. The number of carbonyl (C=O) groups is 2. The van der Waals surface area contributed by atoms with E-state index in [9.17, 15) is 31.2 Å². The molecule has 0 aliphatic heterocycles. The van der Waals surface area contributed by atoms with Crippen LogP contribution in [0.15, 0.2) is 66.7 Å². The van der Waals surface area contributed by atoms with Crippen LogP contribution in [0.5, 0.6) is 0 Å². The number of sulfonamides is 1. The van der Waals surface area contributed by atoms with Crippen LogP contribution in [0.2, 0.25) is 15.1 Å². The highest BCUT2D eigenvalue weighted by atomic mass is 35.5. The second kappa shape index (κ2) is 15.3. The largest absolute Gasteiger partial charge is 0.417 e. The van der Waals surface area contributed by atoms with Gasteiger partial charge in [-0.25, -0.2) is 8.42 Å². The van der Waals surface area contributed by atoms with E-state index in [4.69, 9.17) is 34.8 Å². The van der Waals surface area contributed by atoms with E-state index in [1.807, 2.05) is 6.07 Å². The van der Waals surface area contributed by atoms with Crippen LogP contribution in [0.1, 0.15) is 48.8 Å². The molecule has 0 spiro atoms. The van der Waals surface area contributed by atoms with E-state index in [-0.39, 0.29) is 24.0 Å². The van der Waals surface area contributed by atoms with Crippen molar-refractivity contribution in [3.05, 3.63) is 98.5 Å². The quantitative estimate of drug-likeness (QED) is 0.222. The number of hydrogen-bond donors (Lipinski definition) is 1. The van der Waals surface area contributed by atoms with Crippen molar-refractivity contribution >= 4 is 62.3 Å². The molecule has 0 heterocycles. The van der Waals surface area contributed by atoms with Gasteiger partial charge in [-0.3, -0.25) is 13.9 Å². The van der Waals surface area contributed by atoms with Crippen LogP contribution in [0.25, 0.3) is 0 Å². The van der Waals surface area contributed by atoms with Crippen LogP contribution in [0.4, 0.5) is 18.9 Å². The summed E-state index contributed by atoms with van der Waals surface area (Å²) in [7, 11) is -4.30. The molecule has 2 amide bonds. The fourth-order valence-electron chi connectivity index (χ4n) is 5.43. The zero-order chi connectivity index (χ0) is 33.6. The molecule has 3 aromatic carbocycles. The van der Waals surface area contributed by atoms with Gasteiger partial charge in [0.2, 0.25) is 21.8 Å². The first-order chi connectivity index (χ1) is 21.6. The van der Waals surface area contributed by atoms with Gasteiger partial charge in [0.05, 0.1) is 22.5 Å². The molecule has 1 fully saturated rings. The molecule has 0 saturated heterocycles. The molecule has 3 aromatic rings. The number of hydrogen-bond acceptors (Lipinski definition) is 4. The van der Waals surface area contributed by atoms with Crippen LogP contribution in [0, 0.1) is 0 Å². The lowest BCUT2D eigenvalue weighted by Crippen LogP contribution is -2.55. The molecule has 0 aromatic heterocycles. The molecule has 1 atom stereocenters. The Morgan fingerprint density at radius 1 is 0.935 bits per heavy atom. The average molecular weight is 719 g/mol. The maximum atomic E-state index is 14.3. The van der Waals surface area contributed by atoms with E-state index in [2.05, 4.69) is 5.32 Å². The molecule has 1 saturated carbocycles. The Morgan fingerprint density at radius 3 is 2.22 bits per heavy atom. The molecular formula is C32H33Cl3F3N3O4S. The van der Waals surface area contributed by atoms with Crippen LogP contribution < -0.4 is 9.62 Å². The number of halogens is 6. The topological polar surface area (TPSA) is 86.8 Å². The number of nitrogens with zero attached hydrogens (tertiary/aromatic N) is 2. The zero-order valence-corrected chi connectivity index (χ0v) is 28.0. The lowest BCUT2D eigenvalue weighted by Gasteiger charge is -2.35. The molecule has 248 valence electrons. The standard InChI is InChI=1S/C32H33Cl3F3N3O4S/c1-46(44,45)41(25-14-15-27(34)26(18-25)32(36,37)38)20-30(42)40(19-22-12-13-23(33)17-28(22)35)29(16-21-8-4-2-5-9-21)31(43)39-24-10-6-3-7-11-24/h2,4-5,8-9,12-15,17-18,24,29H,3,6-7,10-11,16,19-20H2,1H3,(H,39,43)/t29-/m1/s1. The fraction of sp³-hybridized carbons (Fsp3) is 0.375. The number of nitrogens with one attached hydrogen (secondary N) is 1. The third-order valence-electron chi connectivity index (χ3n) is 7.80. The zero-order valence-electron chi connectivity index (χ0n) is 24.9. The van der Waals surface area contributed by atoms with Gasteiger partial charge >= 0.3 is 6.18 Å². The van der Waals surface area contributed by atoms with Crippen molar-refractivity contribution in [1.82, 2.24) is 10.2 Å². The third kappa shape index (κ3) is 9.53. The Hall–Kier alpha value is -2.99. The highest BCUT2D eigenvalue weighted by molar-refractivity contribution is 7.92. The van der Waals surface area contributed by atoms with E-state index in [1.165, 1.54) is 11.0 Å². The van der Waals surface area contributed by atoms with Crippen LogP contribution in [0.3, 0.4) is 0 Å². The monoisotopic (exact) mass is 717 g/mol. The average Bonchev–Trinajstić information content (AvgIpc) is 2.99. The summed E-state index contributed by atoms with van der Waals surface area (Å²) in [5, 5.41) is 3.00. The van der Waals surface area contributed by atoms with Crippen LogP contribution in [-0.4, -0.2) is 50.0 Å². The molecule has 1 aliphatic carbocycles. The van der Waals surface area contributed by atoms with Crippen molar-refractivity contribution < 1.29 is 31.2 Å². The second-order valence-corrected chi connectivity index (χ2v) is 14.4. The molecule has 4 rings (SSSR count). The summed E-state index contributed by atoms with van der Waals surface area (Å²) in [5.41, 5.74) is -0.506. The lowest BCUT2D eigenvalue weighted by atomic mass is 9.94. The lowest BCUT2D eigenvalue weighted by molar-refractivity contribution is -0.140. The Balaban J connectivity index is 1.78. The first-order valence-corrected chi connectivity index (χ1v) is 17.5. The van der Waals surface area contributed by atoms with Crippen molar-refractivity contribution in [2.24, 2.45) is 0 Å². The summed E-state index contributed by atoms with van der Waals surface area (Å²) >= 11 is 18.4. The van der Waals surface area contributed by atoms with Crippen LogP contribution in [-0.2, 0) is 38.8 Å². The van der Waals surface area contributed by atoms with Gasteiger partial charge in [0.15, 0.2) is 0 Å². The SMILES string of the molecule is CS(=O)(=O)N(CC(=O)N(Cc1ccc(Cl)cc1Cl)[C@H](Cc1ccccc1)C(=O)NC1CCCCC1)c1ccc(Cl)c(C(F)(F)F)c1. The summed E-state index contributed by atoms with van der Waals surface area (Å²) in [5.74, 6) is -1.27. The first-order valence-electron chi connectivity index (χ1n) is 14.6. The Kier molecular flexibility index (Phi) is 11.9. The summed E-state index contributed by atoms with van der Waals surface area (Å²) in [4.78, 5) is 29.5. The number of amides is 2. The minimum atomic E-state index is -4.88. The van der Waals surface area contributed by atoms with Gasteiger partial charge in [-0.15, -0.1) is 0 Å². The normalized spacial score (nSPS) is 14.8. The minimum Gasteiger partial charge on any atom is -0.352 e. The molecular weight excluding hydrogens is 686 g/mol. The van der Waals surface area contributed by atoms with Crippen LogP contribution >= 0.6 is 34.8 Å². The third-order valence-corrected chi connectivity index (χ3v) is 9.86. The van der Waals surface area contributed by atoms with Gasteiger partial charge in [0.1, 0.15) is 12.6 Å². The molecule has 7 nitrogen and oxygen atoms in total. The predicted molar refractivity (Wildman–Crippen MR) is 175 cm³/mol. The minimum absolute atomic E-state index is 0.0778. The first kappa shape index (κ1) is 35.9. The molecule has 0 bridgehead atoms. The van der Waals surface area contributed by atoms with Crippen molar-refractivity contribution in [2.45, 2.75) is 63.3 Å². The summed E-state index contributed by atoms with van der Waals surface area (Å²) < 4.78 is 67.6. The van der Waals surface area contributed by atoms with Crippen molar-refractivity contribution in [2.75, 3.05) is 17.1 Å². The highest BCUT2D eigenvalue weighted by Crippen LogP contribution is 2.37. The number of anilines is 1. The predicted octanol–water partition coefficient (Wildman–Crippen LogP) is 7.52. The molecule has 0 radical (unpaired) electrons. The maximum Gasteiger partial charge on any atom is 0.417 e. The van der Waals surface area contributed by atoms with E-state index >= 15 is 0 Å². The van der Waals surface area contributed by atoms with E-state index in [0.717, 1.165) is 56.1 Å². The van der Waals surface area contributed by atoms with E-state index in [0.29, 0.717) is 21.0 Å².